The van der Waals surface area contributed by atoms with Gasteiger partial charge in [-0.15, -0.1) is 11.3 Å². The topological polar surface area (TPSA) is 54.5 Å². The summed E-state index contributed by atoms with van der Waals surface area (Å²) in [5.74, 6) is 0. The third-order valence-electron chi connectivity index (χ3n) is 4.05. The fraction of sp³-hybridized carbons (Fsp3) is 0.444. The van der Waals surface area contributed by atoms with Gasteiger partial charge in [0.25, 0.3) is 0 Å². The fourth-order valence-electron chi connectivity index (χ4n) is 2.77. The molecule has 0 unspecified atom stereocenters. The van der Waals surface area contributed by atoms with Gasteiger partial charge in [0.2, 0.25) is 0 Å². The maximum Gasteiger partial charge on any atom is 0.317 e. The first-order valence-electron chi connectivity index (χ1n) is 8.36. The van der Waals surface area contributed by atoms with E-state index in [0.29, 0.717) is 26.2 Å². The lowest BCUT2D eigenvalue weighted by atomic mass is 10.1. The highest BCUT2D eigenvalue weighted by molar-refractivity contribution is 7.09. The molecule has 0 radical (unpaired) electrons. The molecule has 0 saturated carbocycles. The molecule has 1 N–H and O–H groups in total. The molecule has 5 nitrogen and oxygen atoms in total. The van der Waals surface area contributed by atoms with Crippen molar-refractivity contribution < 1.29 is 9.53 Å². The summed E-state index contributed by atoms with van der Waals surface area (Å²) < 4.78 is 5.81. The number of carbonyl (C=O) groups is 1. The van der Waals surface area contributed by atoms with Crippen molar-refractivity contribution in [1.29, 1.82) is 0 Å². The lowest BCUT2D eigenvalue weighted by molar-refractivity contribution is -0.0133. The summed E-state index contributed by atoms with van der Waals surface area (Å²) in [4.78, 5) is 18.7. The smallest absolute Gasteiger partial charge is 0.317 e. The quantitative estimate of drug-likeness (QED) is 0.906. The lowest BCUT2D eigenvalue weighted by Crippen LogP contribution is -2.50. The summed E-state index contributed by atoms with van der Waals surface area (Å²) in [6.45, 7) is 4.41. The van der Waals surface area contributed by atoms with Gasteiger partial charge in [0.05, 0.1) is 30.0 Å². The molecule has 3 rings (SSSR count). The Labute approximate surface area is 146 Å². The van der Waals surface area contributed by atoms with Crippen LogP contribution in [0.4, 0.5) is 4.79 Å². The van der Waals surface area contributed by atoms with Crippen LogP contribution in [-0.4, -0.2) is 41.7 Å². The summed E-state index contributed by atoms with van der Waals surface area (Å²) in [6.07, 6.45) is 1.82. The number of thiazole rings is 1. The molecule has 2 amide bonds. The van der Waals surface area contributed by atoms with Gasteiger partial charge >= 0.3 is 6.03 Å². The lowest BCUT2D eigenvalue weighted by Gasteiger charge is -2.33. The van der Waals surface area contributed by atoms with Crippen LogP contribution in [-0.2, 0) is 24.1 Å². The van der Waals surface area contributed by atoms with Crippen LogP contribution in [0.15, 0.2) is 35.7 Å². The van der Waals surface area contributed by atoms with Gasteiger partial charge in [0, 0.05) is 24.9 Å². The molecule has 1 saturated heterocycles. The molecule has 24 heavy (non-hydrogen) atoms. The number of hydrogen-bond acceptors (Lipinski definition) is 4. The second kappa shape index (κ2) is 8.26. The van der Waals surface area contributed by atoms with E-state index in [2.05, 4.69) is 29.4 Å². The van der Waals surface area contributed by atoms with Crippen molar-refractivity contribution >= 4 is 17.4 Å². The second-order valence-electron chi connectivity index (χ2n) is 5.87. The molecular formula is C18H23N3O2S. The number of amides is 2. The number of hydrogen-bond donors (Lipinski definition) is 1. The van der Waals surface area contributed by atoms with E-state index in [1.807, 2.05) is 28.5 Å². The minimum absolute atomic E-state index is 0.0394. The van der Waals surface area contributed by atoms with E-state index in [0.717, 1.165) is 23.5 Å². The van der Waals surface area contributed by atoms with Crippen molar-refractivity contribution in [3.8, 4) is 0 Å². The van der Waals surface area contributed by atoms with Crippen LogP contribution >= 0.6 is 11.3 Å². The Morgan fingerprint density at radius 1 is 1.42 bits per heavy atom. The van der Waals surface area contributed by atoms with Gasteiger partial charge in [-0.1, -0.05) is 37.3 Å². The molecule has 1 fully saturated rings. The molecule has 1 atom stereocenters. The van der Waals surface area contributed by atoms with Crippen molar-refractivity contribution in [3.05, 3.63) is 52.0 Å². The van der Waals surface area contributed by atoms with E-state index in [4.69, 9.17) is 4.74 Å². The molecule has 6 heteroatoms. The van der Waals surface area contributed by atoms with E-state index in [-0.39, 0.29) is 12.1 Å². The highest BCUT2D eigenvalue weighted by Gasteiger charge is 2.24. The average molecular weight is 345 g/mol. The Balaban J connectivity index is 1.49. The number of ether oxygens (including phenoxy) is 1. The SMILES string of the molecule is CCc1nc(CNC(=O)N2CCO[C@@H](Cc3ccccc3)C2)cs1. The van der Waals surface area contributed by atoms with Crippen molar-refractivity contribution in [2.75, 3.05) is 19.7 Å². The molecule has 1 aliphatic rings. The number of rotatable bonds is 5. The van der Waals surface area contributed by atoms with Gasteiger partial charge in [-0.05, 0) is 12.0 Å². The zero-order valence-electron chi connectivity index (χ0n) is 13.9. The fourth-order valence-corrected chi connectivity index (χ4v) is 3.52. The Morgan fingerprint density at radius 3 is 3.00 bits per heavy atom. The van der Waals surface area contributed by atoms with Crippen LogP contribution < -0.4 is 5.32 Å². The third-order valence-corrected chi connectivity index (χ3v) is 5.10. The van der Waals surface area contributed by atoms with Crippen LogP contribution in [0.1, 0.15) is 23.2 Å². The van der Waals surface area contributed by atoms with Crippen molar-refractivity contribution in [1.82, 2.24) is 15.2 Å². The first-order valence-corrected chi connectivity index (χ1v) is 9.24. The molecule has 0 aliphatic carbocycles. The summed E-state index contributed by atoms with van der Waals surface area (Å²) in [5, 5.41) is 6.08. The molecule has 1 aliphatic heterocycles. The number of aromatic nitrogens is 1. The maximum absolute atomic E-state index is 12.4. The van der Waals surface area contributed by atoms with Gasteiger partial charge in [-0.3, -0.25) is 0 Å². The molecule has 0 spiro atoms. The van der Waals surface area contributed by atoms with Crippen LogP contribution in [0.25, 0.3) is 0 Å². The van der Waals surface area contributed by atoms with Crippen LogP contribution in [0.2, 0.25) is 0 Å². The van der Waals surface area contributed by atoms with E-state index in [1.54, 1.807) is 11.3 Å². The summed E-state index contributed by atoms with van der Waals surface area (Å²) in [5.41, 5.74) is 2.17. The minimum Gasteiger partial charge on any atom is -0.374 e. The van der Waals surface area contributed by atoms with Gasteiger partial charge in [0.15, 0.2) is 0 Å². The first kappa shape index (κ1) is 16.9. The minimum atomic E-state index is -0.0394. The van der Waals surface area contributed by atoms with Gasteiger partial charge in [0.1, 0.15) is 0 Å². The van der Waals surface area contributed by atoms with Crippen LogP contribution in [0.5, 0.6) is 0 Å². The molecule has 1 aromatic carbocycles. The van der Waals surface area contributed by atoms with E-state index in [9.17, 15) is 4.79 Å². The predicted molar refractivity (Wildman–Crippen MR) is 95.2 cm³/mol. The number of morpholine rings is 1. The molecular weight excluding hydrogens is 322 g/mol. The number of aryl methyl sites for hydroxylation is 1. The standard InChI is InChI=1S/C18H23N3O2S/c1-2-17-20-15(13-24-17)11-19-18(22)21-8-9-23-16(12-21)10-14-6-4-3-5-7-14/h3-7,13,16H,2,8-12H2,1H3,(H,19,22)/t16-/m0/s1. The predicted octanol–water partition coefficient (Wildman–Crippen LogP) is 2.86. The summed E-state index contributed by atoms with van der Waals surface area (Å²) in [7, 11) is 0. The highest BCUT2D eigenvalue weighted by Crippen LogP contribution is 2.13. The Bertz CT molecular complexity index is 659. The van der Waals surface area contributed by atoms with E-state index in [1.165, 1.54) is 5.56 Å². The van der Waals surface area contributed by atoms with Crippen molar-refractivity contribution in [3.63, 3.8) is 0 Å². The summed E-state index contributed by atoms with van der Waals surface area (Å²) in [6, 6.07) is 10.2. The van der Waals surface area contributed by atoms with Gasteiger partial charge in [-0.25, -0.2) is 9.78 Å². The van der Waals surface area contributed by atoms with Gasteiger partial charge in [-0.2, -0.15) is 0 Å². The number of nitrogens with zero attached hydrogens (tertiary/aromatic N) is 2. The number of nitrogens with one attached hydrogen (secondary N) is 1. The number of urea groups is 1. The number of benzene rings is 1. The number of carbonyl (C=O) groups excluding carboxylic acids is 1. The second-order valence-corrected chi connectivity index (χ2v) is 6.82. The molecule has 0 bridgehead atoms. The van der Waals surface area contributed by atoms with Crippen LogP contribution in [0.3, 0.4) is 0 Å². The monoisotopic (exact) mass is 345 g/mol. The van der Waals surface area contributed by atoms with Crippen molar-refractivity contribution in [2.24, 2.45) is 0 Å². The molecule has 2 aromatic rings. The highest BCUT2D eigenvalue weighted by atomic mass is 32.1. The largest absolute Gasteiger partial charge is 0.374 e. The third kappa shape index (κ3) is 4.55. The molecule has 128 valence electrons. The zero-order valence-corrected chi connectivity index (χ0v) is 14.7. The Hall–Kier alpha value is -1.92. The van der Waals surface area contributed by atoms with E-state index >= 15 is 0 Å². The van der Waals surface area contributed by atoms with E-state index < -0.39 is 0 Å². The van der Waals surface area contributed by atoms with Crippen molar-refractivity contribution in [2.45, 2.75) is 32.4 Å². The maximum atomic E-state index is 12.4. The summed E-state index contributed by atoms with van der Waals surface area (Å²) >= 11 is 1.64. The van der Waals surface area contributed by atoms with Gasteiger partial charge < -0.3 is 15.0 Å². The molecule has 2 heterocycles. The molecule has 1 aromatic heterocycles. The van der Waals surface area contributed by atoms with Crippen LogP contribution in [0, 0.1) is 0 Å². The Kier molecular flexibility index (Phi) is 5.82. The zero-order chi connectivity index (χ0) is 16.8. The normalized spacial score (nSPS) is 17.7. The Morgan fingerprint density at radius 2 is 2.25 bits per heavy atom. The average Bonchev–Trinajstić information content (AvgIpc) is 3.09. The first-order chi connectivity index (χ1) is 11.7.